The van der Waals surface area contributed by atoms with Crippen LogP contribution in [0.25, 0.3) is 0 Å². The van der Waals surface area contributed by atoms with E-state index in [0.717, 1.165) is 36.8 Å². The molecule has 2 aromatic rings. The van der Waals surface area contributed by atoms with Crippen LogP contribution in [-0.2, 0) is 5.41 Å². The Morgan fingerprint density at radius 1 is 0.696 bits per heavy atom. The Morgan fingerprint density at radius 2 is 1.04 bits per heavy atom. The van der Waals surface area contributed by atoms with E-state index < -0.39 is 0 Å². The molecule has 2 aromatic carbocycles. The predicted molar refractivity (Wildman–Crippen MR) is 95.9 cm³/mol. The lowest BCUT2D eigenvalue weighted by molar-refractivity contribution is 0.438. The Labute approximate surface area is 138 Å². The van der Waals surface area contributed by atoms with E-state index in [1.807, 2.05) is 36.4 Å². The Balaban J connectivity index is 2.56. The summed E-state index contributed by atoms with van der Waals surface area (Å²) in [6.07, 6.45) is 7.48. The molecule has 23 heavy (non-hydrogen) atoms. The minimum absolute atomic E-state index is 0.191. The molecule has 2 nitrogen and oxygen atoms in total. The lowest BCUT2D eigenvalue weighted by atomic mass is 9.68. The fraction of sp³-hybridized carbons (Fsp3) is 0.238. The summed E-state index contributed by atoms with van der Waals surface area (Å²) in [6.45, 7) is 7.72. The lowest BCUT2D eigenvalue weighted by Crippen LogP contribution is -2.27. The van der Waals surface area contributed by atoms with Gasteiger partial charge in [-0.05, 0) is 61.1 Å². The third kappa shape index (κ3) is 3.84. The average molecular weight is 308 g/mol. The van der Waals surface area contributed by atoms with Gasteiger partial charge in [0.05, 0.1) is 0 Å². The van der Waals surface area contributed by atoms with Gasteiger partial charge in [-0.3, -0.25) is 0 Å². The van der Waals surface area contributed by atoms with Crippen LogP contribution in [0.4, 0.5) is 0 Å². The van der Waals surface area contributed by atoms with Gasteiger partial charge >= 0.3 is 0 Å². The number of phenolic OH excluding ortho intramolecular Hbond substituents is 2. The Hall–Kier alpha value is -2.48. The second-order valence-corrected chi connectivity index (χ2v) is 5.83. The molecule has 0 fully saturated rings. The van der Waals surface area contributed by atoms with Gasteiger partial charge in [0.25, 0.3) is 0 Å². The summed E-state index contributed by atoms with van der Waals surface area (Å²) in [5.41, 5.74) is 2.12. The number of aromatic hydroxyl groups is 2. The van der Waals surface area contributed by atoms with Crippen LogP contribution < -0.4 is 0 Å². The zero-order valence-electron chi connectivity index (χ0n) is 13.4. The van der Waals surface area contributed by atoms with Crippen LogP contribution in [0, 0.1) is 0 Å². The second-order valence-electron chi connectivity index (χ2n) is 5.83. The van der Waals surface area contributed by atoms with E-state index in [4.69, 9.17) is 0 Å². The maximum Gasteiger partial charge on any atom is 0.115 e. The number of hydrogen-bond acceptors (Lipinski definition) is 2. The number of phenols is 2. The molecule has 0 amide bonds. The van der Waals surface area contributed by atoms with Gasteiger partial charge < -0.3 is 10.2 Å². The van der Waals surface area contributed by atoms with E-state index in [0.29, 0.717) is 0 Å². The van der Waals surface area contributed by atoms with Gasteiger partial charge in [-0.15, -0.1) is 13.2 Å². The first-order valence-corrected chi connectivity index (χ1v) is 7.93. The van der Waals surface area contributed by atoms with Crippen molar-refractivity contribution in [2.24, 2.45) is 0 Å². The molecule has 0 bridgehead atoms. The molecule has 2 N–H and O–H groups in total. The minimum Gasteiger partial charge on any atom is -0.508 e. The van der Waals surface area contributed by atoms with Crippen LogP contribution in [0.3, 0.4) is 0 Å². The zero-order chi connectivity index (χ0) is 16.7. The molecule has 120 valence electrons. The molecule has 0 aliphatic carbocycles. The highest BCUT2D eigenvalue weighted by molar-refractivity contribution is 5.43. The van der Waals surface area contributed by atoms with Gasteiger partial charge in [0.1, 0.15) is 11.5 Å². The van der Waals surface area contributed by atoms with E-state index in [9.17, 15) is 10.2 Å². The molecule has 0 saturated carbocycles. The van der Waals surface area contributed by atoms with Crippen LogP contribution >= 0.6 is 0 Å². The Bertz CT molecular complexity index is 579. The Morgan fingerprint density at radius 3 is 1.35 bits per heavy atom. The average Bonchev–Trinajstić information content (AvgIpc) is 2.57. The van der Waals surface area contributed by atoms with Crippen molar-refractivity contribution in [2.75, 3.05) is 0 Å². The van der Waals surface area contributed by atoms with Crippen molar-refractivity contribution in [3.05, 3.63) is 85.0 Å². The highest BCUT2D eigenvalue weighted by Gasteiger charge is 2.32. The molecule has 0 atom stereocenters. The van der Waals surface area contributed by atoms with Crippen molar-refractivity contribution >= 4 is 0 Å². The van der Waals surface area contributed by atoms with Crippen LogP contribution in [0.5, 0.6) is 11.5 Å². The van der Waals surface area contributed by atoms with E-state index in [-0.39, 0.29) is 16.9 Å². The SMILES string of the molecule is C=CCCC(CCC=C)(c1ccc(O)cc1)c1ccc(O)cc1. The monoisotopic (exact) mass is 308 g/mol. The van der Waals surface area contributed by atoms with Crippen LogP contribution in [0.2, 0.25) is 0 Å². The molecule has 0 saturated heterocycles. The summed E-state index contributed by atoms with van der Waals surface area (Å²) >= 11 is 0. The summed E-state index contributed by atoms with van der Waals surface area (Å²) < 4.78 is 0. The van der Waals surface area contributed by atoms with E-state index in [1.54, 1.807) is 24.3 Å². The molecule has 0 unspecified atom stereocenters. The molecule has 0 radical (unpaired) electrons. The molecule has 2 heteroatoms. The van der Waals surface area contributed by atoms with Gasteiger partial charge in [0.2, 0.25) is 0 Å². The molecule has 0 heterocycles. The van der Waals surface area contributed by atoms with Crippen LogP contribution in [0.1, 0.15) is 36.8 Å². The first-order valence-electron chi connectivity index (χ1n) is 7.93. The first kappa shape index (κ1) is 16.9. The van der Waals surface area contributed by atoms with Crippen molar-refractivity contribution in [3.63, 3.8) is 0 Å². The minimum atomic E-state index is -0.191. The van der Waals surface area contributed by atoms with Crippen molar-refractivity contribution in [2.45, 2.75) is 31.1 Å². The fourth-order valence-electron chi connectivity index (χ4n) is 3.13. The highest BCUT2D eigenvalue weighted by atomic mass is 16.3. The summed E-state index contributed by atoms with van der Waals surface area (Å²) in [5.74, 6) is 0.529. The third-order valence-corrected chi connectivity index (χ3v) is 4.39. The van der Waals surface area contributed by atoms with Crippen LogP contribution in [0.15, 0.2) is 73.8 Å². The molecule has 2 rings (SSSR count). The predicted octanol–water partition coefficient (Wildman–Crippen LogP) is 5.32. The van der Waals surface area contributed by atoms with Crippen molar-refractivity contribution < 1.29 is 10.2 Å². The van der Waals surface area contributed by atoms with Gasteiger partial charge in [-0.25, -0.2) is 0 Å². The van der Waals surface area contributed by atoms with Crippen molar-refractivity contribution in [1.82, 2.24) is 0 Å². The number of hydrogen-bond donors (Lipinski definition) is 2. The van der Waals surface area contributed by atoms with Gasteiger partial charge in [-0.1, -0.05) is 36.4 Å². The third-order valence-electron chi connectivity index (χ3n) is 4.39. The smallest absolute Gasteiger partial charge is 0.115 e. The van der Waals surface area contributed by atoms with Gasteiger partial charge in [-0.2, -0.15) is 0 Å². The largest absolute Gasteiger partial charge is 0.508 e. The number of rotatable bonds is 8. The summed E-state index contributed by atoms with van der Waals surface area (Å²) in [4.78, 5) is 0. The standard InChI is InChI=1S/C21H24O2/c1-3-5-15-21(16-6-4-2,17-7-11-19(22)12-8-17)18-9-13-20(23)14-10-18/h3-4,7-14,22-23H,1-2,5-6,15-16H2. The molecule has 0 aromatic heterocycles. The maximum atomic E-state index is 9.62. The second kappa shape index (κ2) is 7.68. The summed E-state index contributed by atoms with van der Waals surface area (Å²) in [6, 6.07) is 14.8. The summed E-state index contributed by atoms with van der Waals surface area (Å²) in [7, 11) is 0. The molecular weight excluding hydrogens is 284 g/mol. The number of benzene rings is 2. The van der Waals surface area contributed by atoms with E-state index >= 15 is 0 Å². The Kier molecular flexibility index (Phi) is 5.64. The highest BCUT2D eigenvalue weighted by Crippen LogP contribution is 2.42. The van der Waals surface area contributed by atoms with Crippen LogP contribution in [-0.4, -0.2) is 10.2 Å². The molecule has 0 aliphatic heterocycles. The van der Waals surface area contributed by atoms with Crippen molar-refractivity contribution in [1.29, 1.82) is 0 Å². The normalized spacial score (nSPS) is 11.1. The molecule has 0 aliphatic rings. The summed E-state index contributed by atoms with van der Waals surface area (Å²) in [5, 5.41) is 19.2. The molecule has 0 spiro atoms. The molecular formula is C21H24O2. The zero-order valence-corrected chi connectivity index (χ0v) is 13.4. The first-order chi connectivity index (χ1) is 11.1. The van der Waals surface area contributed by atoms with E-state index in [2.05, 4.69) is 13.2 Å². The van der Waals surface area contributed by atoms with Gasteiger partial charge in [0, 0.05) is 5.41 Å². The quantitative estimate of drug-likeness (QED) is 0.648. The maximum absolute atomic E-state index is 9.62. The van der Waals surface area contributed by atoms with Crippen molar-refractivity contribution in [3.8, 4) is 11.5 Å². The number of allylic oxidation sites excluding steroid dienone is 2. The lowest BCUT2D eigenvalue weighted by Gasteiger charge is -2.35. The van der Waals surface area contributed by atoms with Gasteiger partial charge in [0.15, 0.2) is 0 Å². The van der Waals surface area contributed by atoms with E-state index in [1.165, 1.54) is 0 Å². The topological polar surface area (TPSA) is 40.5 Å². The fourth-order valence-corrected chi connectivity index (χ4v) is 3.13.